The number of hydrogen-bond donors (Lipinski definition) is 2. The van der Waals surface area contributed by atoms with Gasteiger partial charge in [0.2, 0.25) is 5.91 Å². The molecule has 69 heavy (non-hydrogen) atoms. The summed E-state index contributed by atoms with van der Waals surface area (Å²) in [5.74, 6) is -1.43. The molecule has 0 aliphatic carbocycles. The first-order valence-corrected chi connectivity index (χ1v) is 25.1. The number of esters is 1. The first-order chi connectivity index (χ1) is 33.1. The van der Waals surface area contributed by atoms with Gasteiger partial charge in [-0.25, -0.2) is 10.2 Å². The normalized spacial score (nSPS) is 19.3. The summed E-state index contributed by atoms with van der Waals surface area (Å²) < 4.78 is 14.3. The first kappa shape index (κ1) is 49.2. The Balaban J connectivity index is 1.20. The van der Waals surface area contributed by atoms with Crippen LogP contribution < -0.4 is 15.6 Å². The summed E-state index contributed by atoms with van der Waals surface area (Å²) in [7, 11) is 1.54. The lowest BCUT2D eigenvalue weighted by Gasteiger charge is -2.36. The molecule has 2 aromatic heterocycles. The fourth-order valence-electron chi connectivity index (χ4n) is 10.5. The number of rotatable bonds is 10. The number of fused-ring (bicyclic) bond motifs is 6. The van der Waals surface area contributed by atoms with Crippen LogP contribution in [-0.2, 0) is 49.9 Å². The highest BCUT2D eigenvalue weighted by Gasteiger charge is 2.38. The van der Waals surface area contributed by atoms with Gasteiger partial charge in [0.05, 0.1) is 29.9 Å². The summed E-state index contributed by atoms with van der Waals surface area (Å²) in [6.07, 6.45) is 6.84. The van der Waals surface area contributed by atoms with Crippen LogP contribution in [0.1, 0.15) is 109 Å². The molecule has 366 valence electrons. The van der Waals surface area contributed by atoms with Gasteiger partial charge in [0.1, 0.15) is 24.7 Å². The average molecular weight is 938 g/mol. The maximum Gasteiger partial charge on any atom is 0.410 e. The molecule has 3 aliphatic heterocycles. The lowest BCUT2D eigenvalue weighted by Crippen LogP contribution is -2.62. The number of likely N-dealkylation sites (N-methyl/N-ethyl adjacent to an activating group) is 1. The largest absolute Gasteiger partial charge is 0.464 e. The number of ether oxygens (including phenoxy) is 2. The van der Waals surface area contributed by atoms with Gasteiger partial charge >= 0.3 is 12.1 Å². The van der Waals surface area contributed by atoms with Crippen molar-refractivity contribution in [1.82, 2.24) is 30.2 Å². The van der Waals surface area contributed by atoms with Crippen molar-refractivity contribution in [2.24, 2.45) is 11.3 Å². The Labute approximate surface area is 407 Å². The number of cyclic esters (lactones) is 1. The van der Waals surface area contributed by atoms with Gasteiger partial charge in [-0.3, -0.25) is 29.3 Å². The summed E-state index contributed by atoms with van der Waals surface area (Å²) >= 11 is 0. The van der Waals surface area contributed by atoms with Crippen molar-refractivity contribution in [2.75, 3.05) is 38.2 Å². The predicted octanol–water partition coefficient (Wildman–Crippen LogP) is 9.45. The zero-order valence-electron chi connectivity index (χ0n) is 41.8. The number of hydrogen-bond acceptors (Lipinski definition) is 9. The molecular weight excluding hydrogens is 867 g/mol. The van der Waals surface area contributed by atoms with Crippen LogP contribution in [0.4, 0.5) is 10.5 Å². The molecule has 3 aromatic carbocycles. The summed E-state index contributed by atoms with van der Waals surface area (Å²) in [4.78, 5) is 65.6. The minimum Gasteiger partial charge on any atom is -0.464 e. The molecule has 0 saturated carbocycles. The molecular formula is C56H71N7O6. The van der Waals surface area contributed by atoms with Crippen LogP contribution in [0.15, 0.2) is 85.1 Å². The number of hydrazine groups is 1. The molecule has 3 aliphatic rings. The third kappa shape index (κ3) is 11.0. The van der Waals surface area contributed by atoms with Gasteiger partial charge in [-0.2, -0.15) is 0 Å². The summed E-state index contributed by atoms with van der Waals surface area (Å²) in [5.41, 5.74) is 13.2. The molecule has 0 radical (unpaired) electrons. The number of aromatic nitrogens is 2. The van der Waals surface area contributed by atoms with E-state index in [0.29, 0.717) is 25.8 Å². The van der Waals surface area contributed by atoms with Gasteiger partial charge in [0.15, 0.2) is 0 Å². The fourth-order valence-corrected chi connectivity index (χ4v) is 10.5. The highest BCUT2D eigenvalue weighted by molar-refractivity contribution is 5.96. The molecule has 3 atom stereocenters. The van der Waals surface area contributed by atoms with E-state index in [1.54, 1.807) is 7.05 Å². The van der Waals surface area contributed by atoms with Gasteiger partial charge in [-0.15, -0.1) is 0 Å². The second-order valence-electron chi connectivity index (χ2n) is 20.7. The number of benzene rings is 3. The van der Waals surface area contributed by atoms with Crippen molar-refractivity contribution in [3.8, 4) is 22.4 Å². The highest BCUT2D eigenvalue weighted by Crippen LogP contribution is 2.43. The minimum absolute atomic E-state index is 0.0543. The van der Waals surface area contributed by atoms with Gasteiger partial charge in [-0.05, 0) is 103 Å². The van der Waals surface area contributed by atoms with E-state index in [1.807, 2.05) is 56.3 Å². The van der Waals surface area contributed by atoms with Crippen LogP contribution in [0, 0.1) is 11.3 Å². The van der Waals surface area contributed by atoms with Crippen LogP contribution >= 0.6 is 0 Å². The highest BCUT2D eigenvalue weighted by atomic mass is 16.6. The molecule has 6 bridgehead atoms. The standard InChI is InChI=1S/C56H71N7O6/c1-9-62-48-24-23-41-30-43(48)45(51(62)44-31-42(33-57-49(44)36(2)3)61-25-14-11-15-26-61)32-56(6,7)35-69-54(66)46-22-17-27-63(59-46)53(65)47(29-39-20-16-21-40(41)28-39)58-52(64)50(37(4)5)60(8)55(67)68-34-38-18-12-10-13-19-38/h10,12-13,16,18-21,23-24,28,30-31,33,36-37,46-47,50,59H,9,11,14-15,17,22,25-27,29,32,34-35H2,1-8H3,(H,58,64)/t46-,47-,50-/m0/s1. The number of nitrogens with zero attached hydrogens (tertiary/aromatic N) is 5. The predicted molar refractivity (Wildman–Crippen MR) is 271 cm³/mol. The first-order valence-electron chi connectivity index (χ1n) is 25.1. The van der Waals surface area contributed by atoms with Crippen LogP contribution in [0.25, 0.3) is 33.3 Å². The fraction of sp³-hybridized carbons (Fsp3) is 0.482. The number of carbonyl (C=O) groups is 4. The minimum atomic E-state index is -1.04. The van der Waals surface area contributed by atoms with Gasteiger partial charge in [0, 0.05) is 61.5 Å². The third-order valence-electron chi connectivity index (χ3n) is 14.0. The van der Waals surface area contributed by atoms with E-state index in [-0.39, 0.29) is 37.4 Å². The van der Waals surface area contributed by atoms with Crippen LogP contribution in [-0.4, -0.2) is 94.8 Å². The maximum absolute atomic E-state index is 14.7. The smallest absolute Gasteiger partial charge is 0.410 e. The molecule has 0 unspecified atom stereocenters. The lowest BCUT2D eigenvalue weighted by atomic mass is 9.83. The molecule has 13 nitrogen and oxygen atoms in total. The Morgan fingerprint density at radius 1 is 0.928 bits per heavy atom. The second kappa shape index (κ2) is 21.2. The van der Waals surface area contributed by atoms with E-state index >= 15 is 0 Å². The molecule has 2 saturated heterocycles. The molecule has 5 aromatic rings. The summed E-state index contributed by atoms with van der Waals surface area (Å²) in [5, 5.41) is 5.64. The van der Waals surface area contributed by atoms with E-state index in [2.05, 4.69) is 97.4 Å². The molecule has 2 fully saturated rings. The number of pyridine rings is 1. The Morgan fingerprint density at radius 2 is 1.68 bits per heavy atom. The van der Waals surface area contributed by atoms with Gasteiger partial charge in [0.25, 0.3) is 5.91 Å². The van der Waals surface area contributed by atoms with E-state index < -0.39 is 41.5 Å². The molecule has 13 heteroatoms. The third-order valence-corrected chi connectivity index (χ3v) is 14.0. The Kier molecular flexibility index (Phi) is 15.1. The number of aryl methyl sites for hydroxylation is 1. The van der Waals surface area contributed by atoms with Crippen molar-refractivity contribution in [3.05, 3.63) is 107 Å². The van der Waals surface area contributed by atoms with Crippen molar-refractivity contribution < 1.29 is 28.7 Å². The van der Waals surface area contributed by atoms with E-state index in [9.17, 15) is 19.2 Å². The van der Waals surface area contributed by atoms with Gasteiger partial charge in [-0.1, -0.05) is 102 Å². The zero-order valence-corrected chi connectivity index (χ0v) is 41.8. The molecule has 3 amide bonds. The molecule has 5 heterocycles. The average Bonchev–Trinajstić information content (AvgIpc) is 3.65. The molecule has 8 rings (SSSR count). The van der Waals surface area contributed by atoms with Crippen molar-refractivity contribution in [3.63, 3.8) is 0 Å². The second-order valence-corrected chi connectivity index (χ2v) is 20.7. The number of anilines is 1. The van der Waals surface area contributed by atoms with Crippen molar-refractivity contribution in [1.29, 1.82) is 0 Å². The molecule has 2 N–H and O–H groups in total. The quantitative estimate of drug-likeness (QED) is 0.131. The monoisotopic (exact) mass is 938 g/mol. The topological polar surface area (TPSA) is 138 Å². The SMILES string of the molecule is CCn1c(-c2cc(N3CCCCC3)cnc2C(C)C)c2c3cc(ccc31)-c1cccc(c1)C[C@H](NC(=O)[C@H](C(C)C)N(C)C(=O)OCc1ccccc1)C(=O)N1CCC[C@H](N1)C(=O)OCC(C)(C)C2. The van der Waals surface area contributed by atoms with Crippen LogP contribution in [0.2, 0.25) is 0 Å². The number of amides is 3. The molecule has 0 spiro atoms. The number of nitrogens with one attached hydrogen (secondary N) is 2. The Hall–Kier alpha value is -6.21. The van der Waals surface area contributed by atoms with E-state index in [0.717, 1.165) is 75.4 Å². The van der Waals surface area contributed by atoms with Gasteiger partial charge < -0.3 is 24.3 Å². The van der Waals surface area contributed by atoms with Crippen LogP contribution in [0.3, 0.4) is 0 Å². The number of piperidine rings is 1. The zero-order chi connectivity index (χ0) is 49.0. The lowest BCUT2D eigenvalue weighted by molar-refractivity contribution is -0.155. The Bertz CT molecular complexity index is 2650. The summed E-state index contributed by atoms with van der Waals surface area (Å²) in [6, 6.07) is 23.8. The summed E-state index contributed by atoms with van der Waals surface area (Å²) in [6.45, 7) is 18.0. The number of carbonyl (C=O) groups excluding carboxylic acids is 4. The van der Waals surface area contributed by atoms with Crippen molar-refractivity contribution in [2.45, 2.75) is 131 Å². The maximum atomic E-state index is 14.7. The van der Waals surface area contributed by atoms with Crippen LogP contribution in [0.5, 0.6) is 0 Å². The van der Waals surface area contributed by atoms with Crippen molar-refractivity contribution >= 4 is 40.5 Å². The van der Waals surface area contributed by atoms with E-state index in [4.69, 9.17) is 14.5 Å². The van der Waals surface area contributed by atoms with E-state index in [1.165, 1.54) is 34.7 Å². The Morgan fingerprint density at radius 3 is 2.41 bits per heavy atom.